The Balaban J connectivity index is 2.22. The monoisotopic (exact) mass is 199 g/mol. The minimum absolute atomic E-state index is 0.477. The highest BCUT2D eigenvalue weighted by Crippen LogP contribution is 2.23. The zero-order chi connectivity index (χ0) is 10.7. The molecule has 1 N–H and O–H groups in total. The summed E-state index contributed by atoms with van der Waals surface area (Å²) < 4.78 is 5.62. The van der Waals surface area contributed by atoms with Gasteiger partial charge in [-0.15, -0.1) is 0 Å². The first-order valence-electron chi connectivity index (χ1n) is 4.67. The smallest absolute Gasteiger partial charge is 0.148 e. The van der Waals surface area contributed by atoms with Gasteiger partial charge in [0.15, 0.2) is 0 Å². The lowest BCUT2D eigenvalue weighted by Gasteiger charge is -2.07. The van der Waals surface area contributed by atoms with Crippen LogP contribution in [0.25, 0.3) is 0 Å². The highest BCUT2D eigenvalue weighted by molar-refractivity contribution is 5.41. The fourth-order valence-electron chi connectivity index (χ4n) is 1.23. The van der Waals surface area contributed by atoms with Crippen molar-refractivity contribution in [2.45, 2.75) is 6.92 Å². The molecule has 1 heterocycles. The number of ether oxygens (including phenoxy) is 1. The van der Waals surface area contributed by atoms with Gasteiger partial charge in [0.1, 0.15) is 11.5 Å². The molecule has 3 nitrogen and oxygen atoms in total. The van der Waals surface area contributed by atoms with Crippen molar-refractivity contribution in [2.24, 2.45) is 0 Å². The molecule has 3 heteroatoms. The normalized spacial score (nSPS) is 9.93. The topological polar surface area (TPSA) is 45.9 Å². The maximum Gasteiger partial charge on any atom is 0.148 e. The Morgan fingerprint density at radius 1 is 1.13 bits per heavy atom. The molecule has 0 aliphatic carbocycles. The fraction of sp³-hybridized carbons (Fsp3) is 0.0833. The zero-order valence-electron chi connectivity index (χ0n) is 8.40. The van der Waals surface area contributed by atoms with E-state index in [0.29, 0.717) is 5.69 Å². The second-order valence-corrected chi connectivity index (χ2v) is 3.21. The predicted octanol–water partition coefficient (Wildman–Crippen LogP) is 3.10. The molecule has 0 amide bonds. The van der Waals surface area contributed by atoms with E-state index in [1.807, 2.05) is 19.1 Å². The van der Waals surface area contributed by atoms with Crippen molar-refractivity contribution in [1.29, 1.82) is 0 Å². The van der Waals surface area contributed by atoms with Crippen molar-refractivity contribution in [2.75, 3.05) is 0 Å². The van der Waals surface area contributed by atoms with Gasteiger partial charge in [-0.25, -0.2) is 0 Å². The van der Waals surface area contributed by atoms with E-state index < -0.39 is 0 Å². The summed E-state index contributed by atoms with van der Waals surface area (Å²) in [5.41, 5.74) is 8.68. The quantitative estimate of drug-likeness (QED) is 0.746. The lowest BCUT2D eigenvalue weighted by atomic mass is 10.3. The maximum absolute atomic E-state index is 7.35. The van der Waals surface area contributed by atoms with Gasteiger partial charge in [-0.2, -0.15) is 0 Å². The highest BCUT2D eigenvalue weighted by atomic mass is 16.5. The number of aryl methyl sites for hydroxylation is 1. The van der Waals surface area contributed by atoms with Crippen molar-refractivity contribution in [3.63, 3.8) is 0 Å². The van der Waals surface area contributed by atoms with Crippen LogP contribution in [0.2, 0.25) is 0 Å². The molecule has 15 heavy (non-hydrogen) atoms. The zero-order valence-corrected chi connectivity index (χ0v) is 8.40. The number of pyridine rings is 1. The number of rotatable bonds is 2. The number of hydrogen-bond acceptors (Lipinski definition) is 2. The fourth-order valence-corrected chi connectivity index (χ4v) is 1.23. The van der Waals surface area contributed by atoms with E-state index in [0.717, 1.165) is 17.2 Å². The van der Waals surface area contributed by atoms with Gasteiger partial charge < -0.3 is 10.5 Å². The van der Waals surface area contributed by atoms with Crippen molar-refractivity contribution in [1.82, 2.24) is 10.7 Å². The van der Waals surface area contributed by atoms with Gasteiger partial charge in [0, 0.05) is 6.20 Å². The SMILES string of the molecule is Cc1ncccc1Oc1ccc([NH])cc1. The summed E-state index contributed by atoms with van der Waals surface area (Å²) in [6.45, 7) is 1.90. The molecule has 2 rings (SSSR count). The molecule has 0 aliphatic heterocycles. The van der Waals surface area contributed by atoms with Crippen molar-refractivity contribution in [3.05, 3.63) is 48.3 Å². The Hall–Kier alpha value is -2.03. The van der Waals surface area contributed by atoms with Crippen LogP contribution >= 0.6 is 0 Å². The molecule has 0 bridgehead atoms. The molecule has 0 unspecified atom stereocenters. The number of hydrogen-bond donors (Lipinski definition) is 0. The van der Waals surface area contributed by atoms with Gasteiger partial charge in [-0.05, 0) is 43.3 Å². The van der Waals surface area contributed by atoms with Gasteiger partial charge in [0.05, 0.1) is 11.4 Å². The summed E-state index contributed by atoms with van der Waals surface area (Å²) in [6.07, 6.45) is 1.73. The van der Waals surface area contributed by atoms with E-state index in [1.54, 1.807) is 30.5 Å². The molecule has 0 fully saturated rings. The number of benzene rings is 1. The molecule has 0 spiro atoms. The van der Waals surface area contributed by atoms with Crippen LogP contribution in [-0.2, 0) is 0 Å². The predicted molar refractivity (Wildman–Crippen MR) is 58.2 cm³/mol. The largest absolute Gasteiger partial charge is 0.455 e. The number of nitrogens with one attached hydrogen (secondary N) is 1. The summed E-state index contributed by atoms with van der Waals surface area (Å²) in [4.78, 5) is 4.13. The molecular weight excluding hydrogens is 188 g/mol. The maximum atomic E-state index is 7.35. The standard InChI is InChI=1S/C12H11N2O/c1-9-12(3-2-8-14-9)15-11-6-4-10(13)5-7-11/h2-8,13H,1H3. The van der Waals surface area contributed by atoms with Crippen LogP contribution in [0.3, 0.4) is 0 Å². The molecule has 0 atom stereocenters. The molecule has 0 saturated heterocycles. The van der Waals surface area contributed by atoms with Crippen LogP contribution in [0.1, 0.15) is 5.69 Å². The van der Waals surface area contributed by atoms with Crippen LogP contribution in [0, 0.1) is 6.92 Å². The van der Waals surface area contributed by atoms with Crippen LogP contribution in [0.15, 0.2) is 42.6 Å². The van der Waals surface area contributed by atoms with Crippen molar-refractivity contribution >= 4 is 5.69 Å². The number of nitrogens with zero attached hydrogens (tertiary/aromatic N) is 1. The highest BCUT2D eigenvalue weighted by Gasteiger charge is 2.00. The molecule has 1 aromatic heterocycles. The summed E-state index contributed by atoms with van der Waals surface area (Å²) in [7, 11) is 0. The Morgan fingerprint density at radius 3 is 2.53 bits per heavy atom. The molecule has 1 radical (unpaired) electrons. The third kappa shape index (κ3) is 2.26. The average Bonchev–Trinajstić information content (AvgIpc) is 2.25. The Kier molecular flexibility index (Phi) is 2.54. The number of aromatic nitrogens is 1. The first kappa shape index (κ1) is 9.52. The van der Waals surface area contributed by atoms with E-state index >= 15 is 0 Å². The Morgan fingerprint density at radius 2 is 1.87 bits per heavy atom. The van der Waals surface area contributed by atoms with E-state index in [4.69, 9.17) is 10.5 Å². The van der Waals surface area contributed by atoms with Gasteiger partial charge in [0.25, 0.3) is 0 Å². The van der Waals surface area contributed by atoms with E-state index in [9.17, 15) is 0 Å². The lowest BCUT2D eigenvalue weighted by Crippen LogP contribution is -1.89. The van der Waals surface area contributed by atoms with Gasteiger partial charge in [-0.3, -0.25) is 4.98 Å². The van der Waals surface area contributed by atoms with Gasteiger partial charge in [0.2, 0.25) is 0 Å². The van der Waals surface area contributed by atoms with Crippen molar-refractivity contribution < 1.29 is 4.74 Å². The summed E-state index contributed by atoms with van der Waals surface area (Å²) in [6, 6.07) is 10.6. The summed E-state index contributed by atoms with van der Waals surface area (Å²) in [5, 5.41) is 0. The Bertz CT molecular complexity index is 451. The summed E-state index contributed by atoms with van der Waals surface area (Å²) >= 11 is 0. The van der Waals surface area contributed by atoms with E-state index in [2.05, 4.69) is 4.98 Å². The minimum atomic E-state index is 0.477. The first-order valence-corrected chi connectivity index (χ1v) is 4.67. The van der Waals surface area contributed by atoms with Crippen LogP contribution < -0.4 is 10.5 Å². The second kappa shape index (κ2) is 4.00. The third-order valence-corrected chi connectivity index (χ3v) is 2.04. The first-order chi connectivity index (χ1) is 7.25. The molecule has 0 aliphatic rings. The molecule has 2 aromatic rings. The van der Waals surface area contributed by atoms with Crippen LogP contribution in [0.5, 0.6) is 11.5 Å². The lowest BCUT2D eigenvalue weighted by molar-refractivity contribution is 0.476. The van der Waals surface area contributed by atoms with Crippen molar-refractivity contribution in [3.8, 4) is 11.5 Å². The van der Waals surface area contributed by atoms with Gasteiger partial charge in [-0.1, -0.05) is 0 Å². The van der Waals surface area contributed by atoms with Crippen LogP contribution in [-0.4, -0.2) is 4.98 Å². The third-order valence-electron chi connectivity index (χ3n) is 2.04. The van der Waals surface area contributed by atoms with E-state index in [1.165, 1.54) is 0 Å². The molecule has 1 aromatic carbocycles. The van der Waals surface area contributed by atoms with E-state index in [-0.39, 0.29) is 0 Å². The van der Waals surface area contributed by atoms with Gasteiger partial charge >= 0.3 is 0 Å². The summed E-state index contributed by atoms with van der Waals surface area (Å²) in [5.74, 6) is 1.47. The molecule has 0 saturated carbocycles. The average molecular weight is 199 g/mol. The molecular formula is C12H11N2O. The second-order valence-electron chi connectivity index (χ2n) is 3.21. The Labute approximate surface area is 88.5 Å². The van der Waals surface area contributed by atoms with Crippen LogP contribution in [0.4, 0.5) is 5.69 Å². The molecule has 75 valence electrons. The minimum Gasteiger partial charge on any atom is -0.455 e.